The van der Waals surface area contributed by atoms with Gasteiger partial charge in [0.1, 0.15) is 0 Å². The Morgan fingerprint density at radius 3 is 1.31 bits per heavy atom. The van der Waals surface area contributed by atoms with Gasteiger partial charge in [-0.1, -0.05) is 0 Å². The highest BCUT2D eigenvalue weighted by molar-refractivity contribution is 6.80. The van der Waals surface area contributed by atoms with Crippen LogP contribution < -0.4 is 0 Å². The van der Waals surface area contributed by atoms with E-state index in [9.17, 15) is 0 Å². The zero-order chi connectivity index (χ0) is 9.69. The highest BCUT2D eigenvalue weighted by Gasteiger charge is 2.68. The smallest absolute Gasteiger partial charge is 0.544 e. The van der Waals surface area contributed by atoms with E-state index >= 15 is 0 Å². The Kier molecular flexibility index (Phi) is 2.72. The summed E-state index contributed by atoms with van der Waals surface area (Å²) < 4.78 is 22.7. The van der Waals surface area contributed by atoms with E-state index in [1.807, 2.05) is 0 Å². The van der Waals surface area contributed by atoms with E-state index in [1.165, 1.54) is 0 Å². The molecule has 2 heterocycles. The van der Waals surface area contributed by atoms with E-state index in [0.29, 0.717) is 0 Å². The quantitative estimate of drug-likeness (QED) is 0.320. The Bertz CT molecular complexity index is 178. The van der Waals surface area contributed by atoms with Crippen LogP contribution in [0.15, 0.2) is 0 Å². The lowest BCUT2D eigenvalue weighted by atomic mass is 15.5. The minimum Gasteiger partial charge on any atom is -0.544 e. The first kappa shape index (κ1) is 10.6. The fourth-order valence-electron chi connectivity index (χ4n) is 0.807. The lowest BCUT2D eigenvalue weighted by molar-refractivity contribution is -0.00902. The van der Waals surface area contributed by atoms with Crippen LogP contribution in [0.2, 0.25) is 0 Å². The molecule has 9 nitrogen and oxygen atoms in total. The van der Waals surface area contributed by atoms with Crippen LogP contribution in [0.5, 0.6) is 0 Å². The Hall–Kier alpha value is 1.14. The van der Waals surface area contributed by atoms with Crippen molar-refractivity contribution in [2.45, 2.75) is 0 Å². The first-order chi connectivity index (χ1) is 5.86. The van der Waals surface area contributed by atoms with E-state index in [2.05, 4.69) is 13.9 Å². The largest absolute Gasteiger partial charge is 0.864 e. The van der Waals surface area contributed by atoms with Crippen LogP contribution in [0.1, 0.15) is 0 Å². The summed E-state index contributed by atoms with van der Waals surface area (Å²) in [5, 5.41) is 0. The van der Waals surface area contributed by atoms with E-state index in [1.54, 1.807) is 0 Å². The average molecular weight is 258 g/mol. The van der Waals surface area contributed by atoms with Crippen LogP contribution in [0.4, 0.5) is 0 Å². The maximum absolute atomic E-state index is 8.98. The van der Waals surface area contributed by atoms with Crippen LogP contribution >= 0.6 is 0 Å². The summed E-state index contributed by atoms with van der Waals surface area (Å²) in [5.41, 5.74) is 0. The summed E-state index contributed by atoms with van der Waals surface area (Å²) >= 11 is -5.78. The molecular formula is H4Al2O9Si2. The van der Waals surface area contributed by atoms with Gasteiger partial charge in [0.15, 0.2) is 0 Å². The Morgan fingerprint density at radius 1 is 0.692 bits per heavy atom. The number of rotatable bonds is 0. The van der Waals surface area contributed by atoms with E-state index in [4.69, 9.17) is 22.0 Å². The van der Waals surface area contributed by atoms with Crippen LogP contribution in [0.3, 0.4) is 0 Å². The number of hydrogen-bond acceptors (Lipinski definition) is 9. The number of fused-ring (bicyclic) bond motifs is 2. The van der Waals surface area contributed by atoms with E-state index in [0.717, 1.165) is 0 Å². The molecule has 0 saturated carbocycles. The predicted octanol–water partition coefficient (Wildman–Crippen LogP) is -4.09. The van der Waals surface area contributed by atoms with Crippen LogP contribution in [-0.2, 0) is 16.8 Å². The van der Waals surface area contributed by atoms with Crippen LogP contribution in [0.25, 0.3) is 0 Å². The molecule has 0 aromatic rings. The van der Waals surface area contributed by atoms with Gasteiger partial charge in [-0.25, -0.2) is 0 Å². The van der Waals surface area contributed by atoms with Crippen LogP contribution in [-0.4, -0.2) is 67.6 Å². The summed E-state index contributed by atoms with van der Waals surface area (Å²) in [6.07, 6.45) is 0. The van der Waals surface area contributed by atoms with Crippen molar-refractivity contribution in [3.8, 4) is 0 Å². The molecule has 13 heteroatoms. The van der Waals surface area contributed by atoms with Crippen LogP contribution in [0, 0.1) is 0 Å². The lowest BCUT2D eigenvalue weighted by Crippen LogP contribution is -2.70. The lowest BCUT2D eigenvalue weighted by Gasteiger charge is -2.37. The van der Waals surface area contributed by atoms with Gasteiger partial charge in [-0.2, -0.15) is 0 Å². The predicted molar refractivity (Wildman–Crippen MR) is 37.3 cm³/mol. The third-order valence-corrected chi connectivity index (χ3v) is 11.0. The summed E-state index contributed by atoms with van der Waals surface area (Å²) in [6.45, 7) is 0. The normalized spacial score (nSPS) is 30.5. The molecule has 0 atom stereocenters. The Labute approximate surface area is 84.4 Å². The molecule has 0 aliphatic carbocycles. The van der Waals surface area contributed by atoms with Gasteiger partial charge in [0.25, 0.3) is 0 Å². The molecule has 0 radical (unpaired) electrons. The van der Waals surface area contributed by atoms with Crippen molar-refractivity contribution in [2.75, 3.05) is 0 Å². The molecule has 0 aromatic heterocycles. The highest BCUT2D eigenvalue weighted by Crippen LogP contribution is 2.22. The molecular weight excluding hydrogens is 254 g/mol. The minimum atomic E-state index is -4.20. The molecule has 0 spiro atoms. The Balaban J connectivity index is 2.10. The SMILES string of the molecule is O[Si]1(O)[O][Al]2[O][Al]([O]1)[O][Si](O)(O)[O]2. The van der Waals surface area contributed by atoms with E-state index < -0.39 is 48.4 Å². The van der Waals surface area contributed by atoms with Crippen molar-refractivity contribution < 1.29 is 35.9 Å². The highest BCUT2D eigenvalue weighted by atomic mass is 28.4. The molecule has 72 valence electrons. The fourth-order valence-corrected chi connectivity index (χ4v) is 11.1. The summed E-state index contributed by atoms with van der Waals surface area (Å²) in [6, 6.07) is 0. The second-order valence-corrected chi connectivity index (χ2v) is 10.5. The van der Waals surface area contributed by atoms with Crippen molar-refractivity contribution in [1.82, 2.24) is 0 Å². The van der Waals surface area contributed by atoms with E-state index in [-0.39, 0.29) is 0 Å². The zero-order valence-electron chi connectivity index (χ0n) is 5.98. The van der Waals surface area contributed by atoms with Gasteiger partial charge >= 0.3 is 48.4 Å². The van der Waals surface area contributed by atoms with Crippen molar-refractivity contribution in [3.05, 3.63) is 0 Å². The molecule has 4 N–H and O–H groups in total. The molecule has 2 saturated heterocycles. The van der Waals surface area contributed by atoms with Gasteiger partial charge in [-0.15, -0.1) is 0 Å². The maximum atomic E-state index is 8.98. The first-order valence-corrected chi connectivity index (χ1v) is 9.38. The third kappa shape index (κ3) is 2.58. The molecule has 0 aromatic carbocycles. The molecule has 2 bridgehead atoms. The van der Waals surface area contributed by atoms with Crippen molar-refractivity contribution in [3.63, 3.8) is 0 Å². The molecule has 2 aliphatic rings. The molecule has 0 unspecified atom stereocenters. The van der Waals surface area contributed by atoms with Gasteiger partial charge in [0.05, 0.1) is 0 Å². The molecule has 0 amide bonds. The zero-order valence-corrected chi connectivity index (χ0v) is 10.3. The van der Waals surface area contributed by atoms with Gasteiger partial charge < -0.3 is 35.9 Å². The molecule has 13 heavy (non-hydrogen) atoms. The fraction of sp³-hybridized carbons (Fsp3) is 0. The Morgan fingerprint density at radius 2 is 1.00 bits per heavy atom. The standard InChI is InChI=1S/2Al.2H2O4Si.O/c;;2*1-5(2,3)4;/h;;2*1-2H;/q2*+2;2*-2;. The van der Waals surface area contributed by atoms with Crippen molar-refractivity contribution >= 4 is 48.4 Å². The number of hydrogen-bond donors (Lipinski definition) is 4. The second-order valence-electron chi connectivity index (χ2n) is 2.28. The van der Waals surface area contributed by atoms with Gasteiger partial charge in [-0.05, 0) is 0 Å². The van der Waals surface area contributed by atoms with Gasteiger partial charge in [0, 0.05) is 0 Å². The molecule has 2 aliphatic heterocycles. The summed E-state index contributed by atoms with van der Waals surface area (Å²) in [7, 11) is -8.40. The maximum Gasteiger partial charge on any atom is 0.864 e. The van der Waals surface area contributed by atoms with Gasteiger partial charge in [-0.3, -0.25) is 0 Å². The van der Waals surface area contributed by atoms with Crippen molar-refractivity contribution in [2.24, 2.45) is 0 Å². The third-order valence-electron chi connectivity index (χ3n) is 1.22. The molecule has 2 rings (SSSR count). The average Bonchev–Trinajstić information content (AvgIpc) is 1.75. The second kappa shape index (κ2) is 3.32. The summed E-state index contributed by atoms with van der Waals surface area (Å²) in [5.74, 6) is 0. The van der Waals surface area contributed by atoms with Gasteiger partial charge in [0.2, 0.25) is 0 Å². The monoisotopic (exact) mass is 258 g/mol. The molecule has 2 fully saturated rings. The summed E-state index contributed by atoms with van der Waals surface area (Å²) in [4.78, 5) is 35.9. The minimum absolute atomic E-state index is 2.89. The first-order valence-electron chi connectivity index (χ1n) is 3.13. The topological polar surface area (TPSA) is 127 Å². The van der Waals surface area contributed by atoms with Crippen molar-refractivity contribution in [1.29, 1.82) is 0 Å².